The van der Waals surface area contributed by atoms with Gasteiger partial charge in [0.2, 0.25) is 11.8 Å². The first kappa shape index (κ1) is 20.4. The summed E-state index contributed by atoms with van der Waals surface area (Å²) in [7, 11) is 0. The molecule has 0 saturated heterocycles. The van der Waals surface area contributed by atoms with E-state index in [0.29, 0.717) is 5.56 Å². The number of aliphatic hydroxyl groups excluding tert-OH is 2. The summed E-state index contributed by atoms with van der Waals surface area (Å²) in [6.07, 6.45) is 0.125. The van der Waals surface area contributed by atoms with Crippen LogP contribution >= 0.6 is 0 Å². The van der Waals surface area contributed by atoms with E-state index in [1.807, 2.05) is 5.32 Å². The number of carbonyl (C=O) groups is 3. The molecule has 0 saturated carbocycles. The maximum atomic E-state index is 12.0. The van der Waals surface area contributed by atoms with Crippen LogP contribution in [-0.4, -0.2) is 69.5 Å². The Hall–Kier alpha value is -2.69. The third-order valence-electron chi connectivity index (χ3n) is 3.34. The van der Waals surface area contributed by atoms with Crippen LogP contribution in [0.4, 0.5) is 0 Å². The van der Waals surface area contributed by atoms with Crippen molar-refractivity contribution in [2.45, 2.75) is 24.5 Å². The van der Waals surface area contributed by atoms with Gasteiger partial charge in [0.1, 0.15) is 17.8 Å². The number of nitrogens with one attached hydrogen (secondary N) is 2. The molecule has 1 aromatic rings. The zero-order chi connectivity index (χ0) is 19.0. The van der Waals surface area contributed by atoms with Crippen LogP contribution in [-0.2, 0) is 20.8 Å². The van der Waals surface area contributed by atoms with Gasteiger partial charge in [0.15, 0.2) is 0 Å². The topological polar surface area (TPSA) is 182 Å². The molecule has 0 aliphatic rings. The summed E-state index contributed by atoms with van der Waals surface area (Å²) in [6, 6.07) is 2.04. The molecule has 1 aromatic carbocycles. The molecule has 0 aliphatic heterocycles. The lowest BCUT2D eigenvalue weighted by Gasteiger charge is -2.20. The van der Waals surface area contributed by atoms with Gasteiger partial charge < -0.3 is 36.8 Å². The number of phenols is 1. The van der Waals surface area contributed by atoms with Gasteiger partial charge in [-0.05, 0) is 24.1 Å². The molecule has 0 aromatic heterocycles. The molecule has 0 fully saturated rings. The first-order chi connectivity index (χ1) is 11.8. The number of aliphatic hydroxyl groups is 2. The average molecular weight is 355 g/mol. The Morgan fingerprint density at radius 1 is 0.960 bits per heavy atom. The highest BCUT2D eigenvalue weighted by Gasteiger charge is 2.27. The molecular formula is C15H21N3O7. The van der Waals surface area contributed by atoms with E-state index in [4.69, 9.17) is 15.9 Å². The van der Waals surface area contributed by atoms with Crippen LogP contribution in [0.5, 0.6) is 5.75 Å². The van der Waals surface area contributed by atoms with Crippen LogP contribution in [0, 0.1) is 0 Å². The van der Waals surface area contributed by atoms with Gasteiger partial charge in [0.25, 0.3) is 0 Å². The second-order valence-corrected chi connectivity index (χ2v) is 5.30. The maximum Gasteiger partial charge on any atom is 0.328 e. The number of benzene rings is 1. The molecule has 0 spiro atoms. The fraction of sp³-hybridized carbons (Fsp3) is 0.400. The van der Waals surface area contributed by atoms with E-state index in [-0.39, 0.29) is 12.2 Å². The molecule has 138 valence electrons. The molecule has 0 radical (unpaired) electrons. The van der Waals surface area contributed by atoms with Crippen molar-refractivity contribution in [3.63, 3.8) is 0 Å². The highest BCUT2D eigenvalue weighted by molar-refractivity contribution is 5.91. The maximum absolute atomic E-state index is 12.0. The minimum atomic E-state index is -1.55. The van der Waals surface area contributed by atoms with Crippen molar-refractivity contribution in [2.24, 2.45) is 5.73 Å². The summed E-state index contributed by atoms with van der Waals surface area (Å²) < 4.78 is 0. The molecule has 10 nitrogen and oxygen atoms in total. The molecule has 1 rings (SSSR count). The van der Waals surface area contributed by atoms with Gasteiger partial charge in [-0.25, -0.2) is 4.79 Å². The minimum Gasteiger partial charge on any atom is -0.508 e. The fourth-order valence-corrected chi connectivity index (χ4v) is 1.91. The van der Waals surface area contributed by atoms with Crippen LogP contribution in [0.25, 0.3) is 0 Å². The van der Waals surface area contributed by atoms with Crippen molar-refractivity contribution in [3.05, 3.63) is 29.8 Å². The normalized spacial score (nSPS) is 14.2. The van der Waals surface area contributed by atoms with Gasteiger partial charge in [0.05, 0.1) is 19.3 Å². The second-order valence-electron chi connectivity index (χ2n) is 5.30. The molecule has 2 amide bonds. The Balaban J connectivity index is 2.63. The average Bonchev–Trinajstić information content (AvgIpc) is 2.58. The number of aromatic hydroxyl groups is 1. The van der Waals surface area contributed by atoms with Gasteiger partial charge in [-0.2, -0.15) is 0 Å². The summed E-state index contributed by atoms with van der Waals surface area (Å²) in [4.78, 5) is 34.7. The largest absolute Gasteiger partial charge is 0.508 e. The molecule has 0 aliphatic carbocycles. The van der Waals surface area contributed by atoms with E-state index in [9.17, 15) is 24.6 Å². The summed E-state index contributed by atoms with van der Waals surface area (Å²) in [5.41, 5.74) is 6.42. The lowest BCUT2D eigenvalue weighted by atomic mass is 10.1. The van der Waals surface area contributed by atoms with Crippen molar-refractivity contribution in [2.75, 3.05) is 13.2 Å². The minimum absolute atomic E-state index is 0.0654. The third-order valence-corrected chi connectivity index (χ3v) is 3.34. The number of nitrogens with two attached hydrogens (primary N) is 1. The lowest BCUT2D eigenvalue weighted by molar-refractivity contribution is -0.143. The smallest absolute Gasteiger partial charge is 0.328 e. The number of carbonyl (C=O) groups excluding carboxylic acids is 2. The molecule has 10 heteroatoms. The van der Waals surface area contributed by atoms with Crippen molar-refractivity contribution in [1.82, 2.24) is 10.6 Å². The van der Waals surface area contributed by atoms with Crippen LogP contribution in [0.3, 0.4) is 0 Å². The number of hydrogen-bond donors (Lipinski definition) is 7. The molecule has 0 unspecified atom stereocenters. The Kier molecular flexibility index (Phi) is 7.79. The zero-order valence-electron chi connectivity index (χ0n) is 13.3. The standard InChI is InChI=1S/C15H21N3O7/c16-10(5-8-1-3-9(21)4-2-8)13(22)17-11(6-19)14(23)18-12(7-20)15(24)25/h1-4,10-12,19-21H,5-7,16H2,(H,17,22)(H,18,23)(H,24,25)/t10-,11-,12-/m0/s1. The molecule has 8 N–H and O–H groups in total. The SMILES string of the molecule is N[C@@H](Cc1ccc(O)cc1)C(=O)N[C@@H](CO)C(=O)N[C@@H](CO)C(=O)O. The second kappa shape index (κ2) is 9.57. The number of phenolic OH excluding ortho intramolecular Hbond substituents is 1. The van der Waals surface area contributed by atoms with E-state index >= 15 is 0 Å². The Morgan fingerprint density at radius 3 is 1.96 bits per heavy atom. The third kappa shape index (κ3) is 6.37. The zero-order valence-corrected chi connectivity index (χ0v) is 13.3. The van der Waals surface area contributed by atoms with E-state index < -0.39 is 49.1 Å². The Bertz CT molecular complexity index is 606. The number of rotatable bonds is 9. The number of carboxylic acid groups (broad SMARTS) is 1. The summed E-state index contributed by atoms with van der Waals surface area (Å²) >= 11 is 0. The number of aliphatic carboxylic acids is 1. The van der Waals surface area contributed by atoms with Gasteiger partial charge >= 0.3 is 5.97 Å². The van der Waals surface area contributed by atoms with Crippen molar-refractivity contribution in [3.8, 4) is 5.75 Å². The van der Waals surface area contributed by atoms with E-state index in [1.165, 1.54) is 12.1 Å². The van der Waals surface area contributed by atoms with Gasteiger partial charge in [-0.15, -0.1) is 0 Å². The summed E-state index contributed by atoms with van der Waals surface area (Å²) in [6.45, 7) is -1.62. The molecule has 25 heavy (non-hydrogen) atoms. The van der Waals surface area contributed by atoms with Gasteiger partial charge in [-0.1, -0.05) is 12.1 Å². The Morgan fingerprint density at radius 2 is 1.48 bits per heavy atom. The lowest BCUT2D eigenvalue weighted by Crippen LogP contribution is -2.56. The number of carboxylic acids is 1. The van der Waals surface area contributed by atoms with Crippen molar-refractivity contribution >= 4 is 17.8 Å². The van der Waals surface area contributed by atoms with E-state index in [1.54, 1.807) is 12.1 Å². The molecule has 0 bridgehead atoms. The predicted octanol–water partition coefficient (Wildman–Crippen LogP) is -2.70. The van der Waals surface area contributed by atoms with E-state index in [2.05, 4.69) is 5.32 Å². The van der Waals surface area contributed by atoms with Crippen molar-refractivity contribution in [1.29, 1.82) is 0 Å². The number of amides is 2. The predicted molar refractivity (Wildman–Crippen MR) is 85.5 cm³/mol. The number of hydrogen-bond acceptors (Lipinski definition) is 7. The first-order valence-corrected chi connectivity index (χ1v) is 7.37. The summed E-state index contributed by atoms with van der Waals surface area (Å²) in [5, 5.41) is 40.3. The molecule has 0 heterocycles. The van der Waals surface area contributed by atoms with Gasteiger partial charge in [0, 0.05) is 0 Å². The first-order valence-electron chi connectivity index (χ1n) is 7.37. The molecule has 3 atom stereocenters. The van der Waals surface area contributed by atoms with Gasteiger partial charge in [-0.3, -0.25) is 9.59 Å². The monoisotopic (exact) mass is 355 g/mol. The van der Waals surface area contributed by atoms with Crippen molar-refractivity contribution < 1.29 is 34.8 Å². The quantitative estimate of drug-likeness (QED) is 0.250. The highest BCUT2D eigenvalue weighted by atomic mass is 16.4. The van der Waals surface area contributed by atoms with Crippen LogP contribution in [0.15, 0.2) is 24.3 Å². The highest BCUT2D eigenvalue weighted by Crippen LogP contribution is 2.10. The summed E-state index contributed by atoms with van der Waals surface area (Å²) in [5.74, 6) is -3.08. The van der Waals surface area contributed by atoms with E-state index in [0.717, 1.165) is 0 Å². The van der Waals surface area contributed by atoms with Crippen LogP contribution < -0.4 is 16.4 Å². The molecular weight excluding hydrogens is 334 g/mol. The Labute approximate surface area is 143 Å². The fourth-order valence-electron chi connectivity index (χ4n) is 1.91. The van der Waals surface area contributed by atoms with Crippen LogP contribution in [0.2, 0.25) is 0 Å². The van der Waals surface area contributed by atoms with Crippen LogP contribution in [0.1, 0.15) is 5.56 Å².